The number of nitrogens with zero attached hydrogens (tertiary/aromatic N) is 2. The lowest BCUT2D eigenvalue weighted by Gasteiger charge is -2.10. The van der Waals surface area contributed by atoms with Crippen LogP contribution < -0.4 is 4.72 Å². The quantitative estimate of drug-likeness (QED) is 0.671. The molecule has 0 fully saturated rings. The predicted octanol–water partition coefficient (Wildman–Crippen LogP) is 4.14. The zero-order valence-electron chi connectivity index (χ0n) is 13.8. The summed E-state index contributed by atoms with van der Waals surface area (Å²) in [6.07, 6.45) is -3.68. The van der Waals surface area contributed by atoms with Gasteiger partial charge in [0, 0.05) is 12.3 Å². The van der Waals surface area contributed by atoms with Gasteiger partial charge in [0.2, 0.25) is 0 Å². The fourth-order valence-corrected chi connectivity index (χ4v) is 3.35. The average molecular weight is 399 g/mol. The van der Waals surface area contributed by atoms with Crippen molar-refractivity contribution in [1.29, 1.82) is 0 Å². The van der Waals surface area contributed by atoms with E-state index in [1.165, 1.54) is 18.2 Å². The van der Waals surface area contributed by atoms with Crippen LogP contribution in [0.5, 0.6) is 0 Å². The molecule has 2 aromatic carbocycles. The van der Waals surface area contributed by atoms with Gasteiger partial charge in [-0.15, -0.1) is 0 Å². The molecular formula is C17H13F4N3O2S. The van der Waals surface area contributed by atoms with E-state index in [9.17, 15) is 26.0 Å². The van der Waals surface area contributed by atoms with Crippen LogP contribution in [-0.2, 0) is 16.2 Å². The number of halogens is 4. The maximum atomic E-state index is 14.3. The molecule has 0 aliphatic carbocycles. The summed E-state index contributed by atoms with van der Waals surface area (Å²) in [7, 11) is -3.93. The standard InChI is InChI=1S/C17H13F4N3O2S/c1-11-2-5-13(6-3-11)27(25,26)23-12-4-7-15(14(18)10-12)24-9-8-16(22-24)17(19,20)21/h2-10,23H,1H3. The highest BCUT2D eigenvalue weighted by Crippen LogP contribution is 2.28. The monoisotopic (exact) mass is 399 g/mol. The molecule has 3 aromatic rings. The van der Waals surface area contributed by atoms with Crippen LogP contribution in [0.15, 0.2) is 59.6 Å². The zero-order valence-corrected chi connectivity index (χ0v) is 14.6. The summed E-state index contributed by atoms with van der Waals surface area (Å²) < 4.78 is 79.7. The highest BCUT2D eigenvalue weighted by atomic mass is 32.2. The van der Waals surface area contributed by atoms with Crippen molar-refractivity contribution in [1.82, 2.24) is 9.78 Å². The molecule has 0 aliphatic rings. The summed E-state index contributed by atoms with van der Waals surface area (Å²) in [6.45, 7) is 1.80. The number of sulfonamides is 1. The average Bonchev–Trinajstić information content (AvgIpc) is 3.05. The summed E-state index contributed by atoms with van der Waals surface area (Å²) >= 11 is 0. The fraction of sp³-hybridized carbons (Fsp3) is 0.118. The summed E-state index contributed by atoms with van der Waals surface area (Å²) in [5.74, 6) is -0.934. The van der Waals surface area contributed by atoms with Gasteiger partial charge in [-0.1, -0.05) is 17.7 Å². The van der Waals surface area contributed by atoms with Gasteiger partial charge < -0.3 is 0 Å². The number of anilines is 1. The molecule has 0 aliphatic heterocycles. The van der Waals surface area contributed by atoms with Crippen molar-refractivity contribution < 1.29 is 26.0 Å². The number of aryl methyl sites for hydroxylation is 1. The second-order valence-corrected chi connectivity index (χ2v) is 7.41. The van der Waals surface area contributed by atoms with E-state index >= 15 is 0 Å². The van der Waals surface area contributed by atoms with E-state index in [1.807, 2.05) is 0 Å². The maximum absolute atomic E-state index is 14.3. The van der Waals surface area contributed by atoms with Gasteiger partial charge in [0.05, 0.1) is 10.6 Å². The molecule has 10 heteroatoms. The van der Waals surface area contributed by atoms with E-state index < -0.39 is 27.7 Å². The van der Waals surface area contributed by atoms with Crippen molar-refractivity contribution in [3.05, 3.63) is 71.8 Å². The molecule has 1 aromatic heterocycles. The second-order valence-electron chi connectivity index (χ2n) is 5.73. The van der Waals surface area contributed by atoms with Crippen molar-refractivity contribution in [3.63, 3.8) is 0 Å². The number of hydrogen-bond donors (Lipinski definition) is 1. The lowest BCUT2D eigenvalue weighted by Crippen LogP contribution is -2.13. The Morgan fingerprint density at radius 2 is 1.70 bits per heavy atom. The molecule has 27 heavy (non-hydrogen) atoms. The highest BCUT2D eigenvalue weighted by molar-refractivity contribution is 7.92. The van der Waals surface area contributed by atoms with E-state index in [1.54, 1.807) is 19.1 Å². The van der Waals surface area contributed by atoms with E-state index in [4.69, 9.17) is 0 Å². The molecular weight excluding hydrogens is 386 g/mol. The highest BCUT2D eigenvalue weighted by Gasteiger charge is 2.33. The van der Waals surface area contributed by atoms with Gasteiger partial charge in [0.25, 0.3) is 10.0 Å². The smallest absolute Gasteiger partial charge is 0.280 e. The van der Waals surface area contributed by atoms with Gasteiger partial charge in [-0.2, -0.15) is 18.3 Å². The number of aromatic nitrogens is 2. The van der Waals surface area contributed by atoms with Gasteiger partial charge in [0.15, 0.2) is 11.5 Å². The van der Waals surface area contributed by atoms with Crippen molar-refractivity contribution in [3.8, 4) is 5.69 Å². The van der Waals surface area contributed by atoms with E-state index in [2.05, 4.69) is 9.82 Å². The molecule has 1 heterocycles. The van der Waals surface area contributed by atoms with Crippen molar-refractivity contribution in [2.24, 2.45) is 0 Å². The summed E-state index contributed by atoms with van der Waals surface area (Å²) in [5.41, 5.74) is -0.600. The summed E-state index contributed by atoms with van der Waals surface area (Å²) in [4.78, 5) is -0.000482. The first-order valence-corrected chi connectivity index (χ1v) is 9.07. The first-order chi connectivity index (χ1) is 12.6. The molecule has 0 saturated carbocycles. The Labute approximate surface area is 152 Å². The summed E-state index contributed by atoms with van der Waals surface area (Å²) in [6, 6.07) is 10.0. The van der Waals surface area contributed by atoms with Crippen molar-refractivity contribution in [2.75, 3.05) is 4.72 Å². The lowest BCUT2D eigenvalue weighted by molar-refractivity contribution is -0.141. The Morgan fingerprint density at radius 3 is 2.26 bits per heavy atom. The number of benzene rings is 2. The number of alkyl halides is 3. The van der Waals surface area contributed by atoms with Gasteiger partial charge in [0.1, 0.15) is 5.69 Å². The third-order valence-corrected chi connectivity index (χ3v) is 5.05. The van der Waals surface area contributed by atoms with Crippen LogP contribution in [0.4, 0.5) is 23.2 Å². The minimum Gasteiger partial charge on any atom is -0.280 e. The van der Waals surface area contributed by atoms with Crippen LogP contribution in [0.25, 0.3) is 5.69 Å². The molecule has 0 amide bonds. The minimum atomic E-state index is -4.65. The molecule has 0 saturated heterocycles. The van der Waals surface area contributed by atoms with Gasteiger partial charge in [-0.25, -0.2) is 17.5 Å². The van der Waals surface area contributed by atoms with E-state index in [-0.39, 0.29) is 16.3 Å². The molecule has 5 nitrogen and oxygen atoms in total. The lowest BCUT2D eigenvalue weighted by atomic mass is 10.2. The molecule has 0 radical (unpaired) electrons. The van der Waals surface area contributed by atoms with Gasteiger partial charge >= 0.3 is 6.18 Å². The Bertz CT molecular complexity index is 1070. The molecule has 3 rings (SSSR count). The van der Waals surface area contributed by atoms with E-state index in [0.29, 0.717) is 6.07 Å². The Morgan fingerprint density at radius 1 is 1.04 bits per heavy atom. The molecule has 0 atom stereocenters. The van der Waals surface area contributed by atoms with Crippen LogP contribution in [0.2, 0.25) is 0 Å². The predicted molar refractivity (Wildman–Crippen MR) is 90.5 cm³/mol. The van der Waals surface area contributed by atoms with Crippen LogP contribution >= 0.6 is 0 Å². The molecule has 1 N–H and O–H groups in total. The van der Waals surface area contributed by atoms with Crippen LogP contribution in [0.1, 0.15) is 11.3 Å². The topological polar surface area (TPSA) is 64.0 Å². The summed E-state index contributed by atoms with van der Waals surface area (Å²) in [5, 5.41) is 3.29. The van der Waals surface area contributed by atoms with Gasteiger partial charge in [-0.3, -0.25) is 4.72 Å². The SMILES string of the molecule is Cc1ccc(S(=O)(=O)Nc2ccc(-n3ccc(C(F)(F)F)n3)c(F)c2)cc1. The zero-order chi connectivity index (χ0) is 19.8. The Kier molecular flexibility index (Phi) is 4.68. The maximum Gasteiger partial charge on any atom is 0.435 e. The number of hydrogen-bond acceptors (Lipinski definition) is 3. The minimum absolute atomic E-state index is 0.000482. The first-order valence-electron chi connectivity index (χ1n) is 7.58. The van der Waals surface area contributed by atoms with Gasteiger partial charge in [-0.05, 0) is 37.3 Å². The van der Waals surface area contributed by atoms with Crippen LogP contribution in [0, 0.1) is 12.7 Å². The van der Waals surface area contributed by atoms with Crippen LogP contribution in [0.3, 0.4) is 0 Å². The largest absolute Gasteiger partial charge is 0.435 e. The normalized spacial score (nSPS) is 12.2. The molecule has 0 bridgehead atoms. The van der Waals surface area contributed by atoms with Crippen molar-refractivity contribution in [2.45, 2.75) is 18.0 Å². The third-order valence-electron chi connectivity index (χ3n) is 3.66. The van der Waals surface area contributed by atoms with Crippen molar-refractivity contribution >= 4 is 15.7 Å². The Balaban J connectivity index is 1.87. The fourth-order valence-electron chi connectivity index (χ4n) is 2.30. The third kappa shape index (κ3) is 4.11. The molecule has 0 spiro atoms. The first kappa shape index (κ1) is 18.9. The number of rotatable bonds is 4. The van der Waals surface area contributed by atoms with E-state index in [0.717, 1.165) is 28.6 Å². The Hall–Kier alpha value is -2.88. The molecule has 142 valence electrons. The second kappa shape index (κ2) is 6.69. The molecule has 0 unspecified atom stereocenters. The number of nitrogens with one attached hydrogen (secondary N) is 1. The van der Waals surface area contributed by atoms with Crippen LogP contribution in [-0.4, -0.2) is 18.2 Å².